The molecule has 0 aliphatic carbocycles. The third kappa shape index (κ3) is 5.35. The summed E-state index contributed by atoms with van der Waals surface area (Å²) in [7, 11) is 0. The van der Waals surface area contributed by atoms with Gasteiger partial charge in [0.2, 0.25) is 5.91 Å². The van der Waals surface area contributed by atoms with Gasteiger partial charge < -0.3 is 19.4 Å². The van der Waals surface area contributed by atoms with E-state index in [1.165, 1.54) is 11.0 Å². The maximum Gasteiger partial charge on any atom is 0.275 e. The van der Waals surface area contributed by atoms with Crippen LogP contribution in [0.25, 0.3) is 11.1 Å². The SMILES string of the molecule is Cc1cc(C(C(=O)N2CC(O)CC2C(=O)NOc2ccc(-c3ccccc3)c(F)c2)C(C)C)on1. The molecular weight excluding hydrogens is 453 g/mol. The van der Waals surface area contributed by atoms with E-state index in [0.717, 1.165) is 5.56 Å². The molecule has 3 atom stereocenters. The van der Waals surface area contributed by atoms with Crippen LogP contribution in [-0.4, -0.2) is 45.7 Å². The fourth-order valence-corrected chi connectivity index (χ4v) is 4.34. The summed E-state index contributed by atoms with van der Waals surface area (Å²) >= 11 is 0. The smallest absolute Gasteiger partial charge is 0.275 e. The van der Waals surface area contributed by atoms with Crippen molar-refractivity contribution >= 4 is 11.8 Å². The molecule has 1 fully saturated rings. The van der Waals surface area contributed by atoms with E-state index in [9.17, 15) is 19.1 Å². The van der Waals surface area contributed by atoms with E-state index in [0.29, 0.717) is 17.0 Å². The Morgan fingerprint density at radius 1 is 1.20 bits per heavy atom. The molecule has 0 spiro atoms. The monoisotopic (exact) mass is 481 g/mol. The molecule has 2 amide bonds. The summed E-state index contributed by atoms with van der Waals surface area (Å²) in [6.07, 6.45) is -0.802. The Labute approximate surface area is 202 Å². The molecule has 1 aliphatic rings. The number of amides is 2. The number of aliphatic hydroxyl groups excluding tert-OH is 1. The zero-order chi connectivity index (χ0) is 25.1. The van der Waals surface area contributed by atoms with Crippen molar-refractivity contribution in [2.24, 2.45) is 5.92 Å². The van der Waals surface area contributed by atoms with Crippen molar-refractivity contribution in [1.82, 2.24) is 15.5 Å². The number of β-amino-alcohol motifs (C(OH)–C–C–N with tert-alkyl or cyclic N) is 1. The van der Waals surface area contributed by atoms with Crippen LogP contribution in [0.2, 0.25) is 0 Å². The molecule has 3 unspecified atom stereocenters. The quantitative estimate of drug-likeness (QED) is 0.500. The van der Waals surface area contributed by atoms with Crippen LogP contribution in [0.3, 0.4) is 0 Å². The number of likely N-dealkylation sites (tertiary alicyclic amines) is 1. The molecule has 1 aromatic heterocycles. The lowest BCUT2D eigenvalue weighted by Gasteiger charge is -2.28. The number of rotatable bonds is 7. The van der Waals surface area contributed by atoms with Crippen LogP contribution < -0.4 is 10.3 Å². The molecule has 0 bridgehead atoms. The summed E-state index contributed by atoms with van der Waals surface area (Å²) in [5.41, 5.74) is 4.07. The van der Waals surface area contributed by atoms with Gasteiger partial charge in [0.05, 0.1) is 11.8 Å². The second-order valence-electron chi connectivity index (χ2n) is 9.06. The molecule has 184 valence electrons. The van der Waals surface area contributed by atoms with Crippen LogP contribution in [0.1, 0.15) is 37.6 Å². The number of hydrogen-bond donors (Lipinski definition) is 2. The van der Waals surface area contributed by atoms with E-state index in [-0.39, 0.29) is 30.5 Å². The number of hydrogen-bond acceptors (Lipinski definition) is 6. The molecule has 9 heteroatoms. The van der Waals surface area contributed by atoms with Gasteiger partial charge in [-0.25, -0.2) is 4.39 Å². The van der Waals surface area contributed by atoms with Crippen molar-refractivity contribution in [2.75, 3.05) is 6.54 Å². The molecule has 4 rings (SSSR count). The summed E-state index contributed by atoms with van der Waals surface area (Å²) in [4.78, 5) is 33.0. The van der Waals surface area contributed by atoms with Crippen molar-refractivity contribution in [3.05, 3.63) is 71.9 Å². The molecule has 1 aliphatic heterocycles. The Kier molecular flexibility index (Phi) is 7.16. The first-order valence-corrected chi connectivity index (χ1v) is 11.5. The standard InChI is InChI=1S/C26H28FN3O5/c1-15(2)24(23-11-16(3)28-35-23)26(33)30-14-18(31)12-22(30)25(32)29-34-19-9-10-20(21(27)13-19)17-7-5-4-6-8-17/h4-11,13,15,18,22,24,31H,12,14H2,1-3H3,(H,29,32). The number of aromatic nitrogens is 1. The summed E-state index contributed by atoms with van der Waals surface area (Å²) in [5.74, 6) is -1.73. The third-order valence-electron chi connectivity index (χ3n) is 6.04. The first-order valence-electron chi connectivity index (χ1n) is 11.5. The van der Waals surface area contributed by atoms with Gasteiger partial charge in [-0.2, -0.15) is 5.48 Å². The molecule has 1 saturated heterocycles. The lowest BCUT2D eigenvalue weighted by atomic mass is 9.91. The molecule has 35 heavy (non-hydrogen) atoms. The molecule has 0 saturated carbocycles. The van der Waals surface area contributed by atoms with Crippen LogP contribution in [-0.2, 0) is 9.59 Å². The number of halogens is 1. The Morgan fingerprint density at radius 2 is 1.94 bits per heavy atom. The predicted octanol–water partition coefficient (Wildman–Crippen LogP) is 3.60. The van der Waals surface area contributed by atoms with Gasteiger partial charge >= 0.3 is 0 Å². The molecule has 2 aromatic carbocycles. The second-order valence-corrected chi connectivity index (χ2v) is 9.06. The highest BCUT2D eigenvalue weighted by Gasteiger charge is 2.43. The largest absolute Gasteiger partial charge is 0.391 e. The molecule has 2 heterocycles. The van der Waals surface area contributed by atoms with Crippen LogP contribution >= 0.6 is 0 Å². The van der Waals surface area contributed by atoms with E-state index in [1.54, 1.807) is 37.3 Å². The summed E-state index contributed by atoms with van der Waals surface area (Å²) in [6.45, 7) is 5.52. The molecular formula is C26H28FN3O5. The number of nitrogens with one attached hydrogen (secondary N) is 1. The normalized spacial score (nSPS) is 18.5. The van der Waals surface area contributed by atoms with Gasteiger partial charge in [-0.3, -0.25) is 9.59 Å². The van der Waals surface area contributed by atoms with Crippen molar-refractivity contribution in [3.8, 4) is 16.9 Å². The number of nitrogens with zero attached hydrogens (tertiary/aromatic N) is 2. The topological polar surface area (TPSA) is 105 Å². The van der Waals surface area contributed by atoms with Crippen LogP contribution in [0.5, 0.6) is 5.75 Å². The van der Waals surface area contributed by atoms with E-state index in [1.807, 2.05) is 32.0 Å². The third-order valence-corrected chi connectivity index (χ3v) is 6.04. The Morgan fingerprint density at radius 3 is 2.57 bits per heavy atom. The fourth-order valence-electron chi connectivity index (χ4n) is 4.34. The number of hydroxylamine groups is 1. The Bertz CT molecular complexity index is 1200. The van der Waals surface area contributed by atoms with E-state index < -0.39 is 29.8 Å². The van der Waals surface area contributed by atoms with Gasteiger partial charge in [-0.05, 0) is 30.5 Å². The summed E-state index contributed by atoms with van der Waals surface area (Å²) in [5, 5.41) is 14.1. The van der Waals surface area contributed by atoms with Gasteiger partial charge in [0, 0.05) is 30.7 Å². The van der Waals surface area contributed by atoms with E-state index >= 15 is 0 Å². The predicted molar refractivity (Wildman–Crippen MR) is 126 cm³/mol. The molecule has 3 aromatic rings. The lowest BCUT2D eigenvalue weighted by molar-refractivity contribution is -0.143. The van der Waals surface area contributed by atoms with Gasteiger partial charge in [0.1, 0.15) is 23.5 Å². The zero-order valence-electron chi connectivity index (χ0n) is 19.8. The molecule has 2 N–H and O–H groups in total. The number of aliphatic hydroxyl groups is 1. The van der Waals surface area contributed by atoms with E-state index in [4.69, 9.17) is 9.36 Å². The number of carbonyl (C=O) groups is 2. The minimum Gasteiger partial charge on any atom is -0.391 e. The maximum absolute atomic E-state index is 14.6. The van der Waals surface area contributed by atoms with Crippen molar-refractivity contribution in [3.63, 3.8) is 0 Å². The van der Waals surface area contributed by atoms with Gasteiger partial charge in [0.25, 0.3) is 5.91 Å². The Hall–Kier alpha value is -3.72. The minimum atomic E-state index is -0.948. The van der Waals surface area contributed by atoms with Crippen LogP contribution in [0, 0.1) is 18.7 Å². The summed E-state index contributed by atoms with van der Waals surface area (Å²) in [6, 6.07) is 14.1. The first kappa shape index (κ1) is 24.4. The first-order chi connectivity index (χ1) is 16.7. The fraction of sp³-hybridized carbons (Fsp3) is 0.346. The highest BCUT2D eigenvalue weighted by atomic mass is 19.1. The van der Waals surface area contributed by atoms with Crippen molar-refractivity contribution in [2.45, 2.75) is 45.3 Å². The molecule has 0 radical (unpaired) electrons. The average molecular weight is 482 g/mol. The van der Waals surface area contributed by atoms with Crippen molar-refractivity contribution < 1.29 is 28.4 Å². The number of aryl methyl sites for hydroxylation is 1. The zero-order valence-corrected chi connectivity index (χ0v) is 19.8. The molecule has 8 nitrogen and oxygen atoms in total. The second kappa shape index (κ2) is 10.3. The lowest BCUT2D eigenvalue weighted by Crippen LogP contribution is -2.48. The highest BCUT2D eigenvalue weighted by Crippen LogP contribution is 2.31. The Balaban J connectivity index is 1.45. The average Bonchev–Trinajstić information content (AvgIpc) is 3.43. The van der Waals surface area contributed by atoms with Gasteiger partial charge in [0.15, 0.2) is 5.75 Å². The van der Waals surface area contributed by atoms with Gasteiger partial charge in [-0.15, -0.1) is 0 Å². The number of benzene rings is 2. The summed E-state index contributed by atoms with van der Waals surface area (Å²) < 4.78 is 19.9. The van der Waals surface area contributed by atoms with Gasteiger partial charge in [-0.1, -0.05) is 49.3 Å². The highest BCUT2D eigenvalue weighted by molar-refractivity contribution is 5.91. The van der Waals surface area contributed by atoms with Crippen LogP contribution in [0.15, 0.2) is 59.1 Å². The van der Waals surface area contributed by atoms with Crippen LogP contribution in [0.4, 0.5) is 4.39 Å². The van der Waals surface area contributed by atoms with E-state index in [2.05, 4.69) is 10.6 Å². The minimum absolute atomic E-state index is 0.00760. The number of carbonyl (C=O) groups excluding carboxylic acids is 2. The maximum atomic E-state index is 14.6. The van der Waals surface area contributed by atoms with Crippen molar-refractivity contribution in [1.29, 1.82) is 0 Å².